The van der Waals surface area contributed by atoms with Crippen LogP contribution in [-0.2, 0) is 16.1 Å². The summed E-state index contributed by atoms with van der Waals surface area (Å²) in [5.41, 5.74) is 1.82. The Morgan fingerprint density at radius 2 is 1.90 bits per heavy atom. The van der Waals surface area contributed by atoms with Crippen LogP contribution in [0, 0.1) is 5.41 Å². The predicted octanol–water partition coefficient (Wildman–Crippen LogP) is 3.52. The van der Waals surface area contributed by atoms with Gasteiger partial charge in [-0.3, -0.25) is 4.79 Å². The number of benzene rings is 1. The Morgan fingerprint density at radius 1 is 1.08 bits per heavy atom. The third-order valence-electron chi connectivity index (χ3n) is 7.42. The summed E-state index contributed by atoms with van der Waals surface area (Å²) in [5, 5.41) is 18.9. The molecular formula is C27H25N7O5. The van der Waals surface area contributed by atoms with E-state index >= 15 is 0 Å². The molecule has 0 radical (unpaired) electrons. The summed E-state index contributed by atoms with van der Waals surface area (Å²) in [4.78, 5) is 19.4. The number of hydrogen-bond acceptors (Lipinski definition) is 10. The number of amides is 1. The Kier molecular flexibility index (Phi) is 5.71. The van der Waals surface area contributed by atoms with Crippen LogP contribution in [0.3, 0.4) is 0 Å². The first-order valence-corrected chi connectivity index (χ1v) is 12.7. The number of piperidine rings is 1. The van der Waals surface area contributed by atoms with E-state index in [-0.39, 0.29) is 17.9 Å². The number of nitrogens with zero attached hydrogens (tertiary/aromatic N) is 7. The number of carbonyl (C=O) groups excluding carboxylic acids is 1. The maximum Gasteiger partial charge on any atom is 0.255 e. The highest BCUT2D eigenvalue weighted by Crippen LogP contribution is 2.38. The average Bonchev–Trinajstić information content (AvgIpc) is 3.60. The zero-order chi connectivity index (χ0) is 26.4. The Bertz CT molecular complexity index is 1670. The van der Waals surface area contributed by atoms with Crippen LogP contribution in [0.5, 0.6) is 11.8 Å². The van der Waals surface area contributed by atoms with E-state index in [2.05, 4.69) is 25.4 Å². The molecule has 1 aromatic carbocycles. The number of rotatable bonds is 6. The maximum atomic E-state index is 13.1. The standard InChI is InChI=1S/C27H25N7O5/c1-36-14-18-12-21(32-39-18)24-30-29-23-19-4-2-3-5-20(19)25(31-34(23)24)38-22-7-6-17(13-28-22)26(35)33-10-8-27(9-11-33)15-37-16-27/h2-7,12-13H,8-11,14-16H2,1H3. The van der Waals surface area contributed by atoms with Crippen molar-refractivity contribution in [2.75, 3.05) is 33.4 Å². The Labute approximate surface area is 222 Å². The monoisotopic (exact) mass is 527 g/mol. The number of pyridine rings is 1. The second-order valence-corrected chi connectivity index (χ2v) is 9.99. The summed E-state index contributed by atoms with van der Waals surface area (Å²) in [6.07, 6.45) is 3.50. The first-order chi connectivity index (χ1) is 19.1. The molecule has 5 aromatic rings. The van der Waals surface area contributed by atoms with E-state index in [4.69, 9.17) is 18.7 Å². The molecule has 0 atom stereocenters. The number of hydrogen-bond donors (Lipinski definition) is 0. The van der Waals surface area contributed by atoms with Crippen molar-refractivity contribution < 1.29 is 23.5 Å². The minimum absolute atomic E-state index is 0.0243. The van der Waals surface area contributed by atoms with Crippen LogP contribution >= 0.6 is 0 Å². The minimum Gasteiger partial charge on any atom is -0.418 e. The Hall–Kier alpha value is -4.42. The normalized spacial score (nSPS) is 16.6. The van der Waals surface area contributed by atoms with E-state index in [0.717, 1.165) is 49.9 Å². The van der Waals surface area contributed by atoms with Crippen LogP contribution in [-0.4, -0.2) is 74.2 Å². The maximum absolute atomic E-state index is 13.1. The van der Waals surface area contributed by atoms with Gasteiger partial charge in [0.05, 0.1) is 18.8 Å². The second kappa shape index (κ2) is 9.40. The molecule has 2 saturated heterocycles. The van der Waals surface area contributed by atoms with Gasteiger partial charge in [0.25, 0.3) is 5.91 Å². The third kappa shape index (κ3) is 4.17. The third-order valence-corrected chi connectivity index (χ3v) is 7.42. The lowest BCUT2D eigenvalue weighted by Gasteiger charge is -2.47. The van der Waals surface area contributed by atoms with Crippen LogP contribution < -0.4 is 4.74 Å². The lowest BCUT2D eigenvalue weighted by atomic mass is 9.77. The molecular weight excluding hydrogens is 502 g/mol. The number of fused-ring (bicyclic) bond motifs is 3. The van der Waals surface area contributed by atoms with Crippen LogP contribution in [0.1, 0.15) is 29.0 Å². The van der Waals surface area contributed by atoms with E-state index < -0.39 is 0 Å². The molecule has 12 heteroatoms. The van der Waals surface area contributed by atoms with Crippen LogP contribution in [0.15, 0.2) is 53.2 Å². The van der Waals surface area contributed by atoms with Gasteiger partial charge in [0, 0.05) is 54.7 Å². The van der Waals surface area contributed by atoms with Gasteiger partial charge in [-0.15, -0.1) is 15.3 Å². The molecule has 6 heterocycles. The molecule has 39 heavy (non-hydrogen) atoms. The lowest BCUT2D eigenvalue weighted by molar-refractivity contribution is -0.136. The molecule has 2 aliphatic rings. The number of aromatic nitrogens is 6. The highest BCUT2D eigenvalue weighted by atomic mass is 16.5. The molecule has 1 spiro atoms. The molecule has 2 aliphatic heterocycles. The summed E-state index contributed by atoms with van der Waals surface area (Å²) in [6, 6.07) is 12.8. The summed E-state index contributed by atoms with van der Waals surface area (Å²) in [5.74, 6) is 1.56. The molecule has 0 N–H and O–H groups in total. The van der Waals surface area contributed by atoms with Crippen molar-refractivity contribution in [3.8, 4) is 23.3 Å². The molecule has 0 aliphatic carbocycles. The number of ether oxygens (including phenoxy) is 3. The highest BCUT2D eigenvalue weighted by molar-refractivity contribution is 5.97. The number of methoxy groups -OCH3 is 1. The fourth-order valence-electron chi connectivity index (χ4n) is 5.13. The molecule has 7 rings (SSSR count). The van der Waals surface area contributed by atoms with Crippen molar-refractivity contribution in [2.24, 2.45) is 5.41 Å². The summed E-state index contributed by atoms with van der Waals surface area (Å²) in [6.45, 7) is 3.36. The number of likely N-dealkylation sites (tertiary alicyclic amines) is 1. The average molecular weight is 528 g/mol. The molecule has 0 bridgehead atoms. The Morgan fingerprint density at radius 3 is 2.62 bits per heavy atom. The molecule has 1 amide bonds. The van der Waals surface area contributed by atoms with Gasteiger partial charge in [0.2, 0.25) is 17.6 Å². The van der Waals surface area contributed by atoms with Crippen molar-refractivity contribution in [3.05, 3.63) is 60.0 Å². The van der Waals surface area contributed by atoms with Crippen molar-refractivity contribution >= 4 is 22.3 Å². The minimum atomic E-state index is -0.0243. The second-order valence-electron chi connectivity index (χ2n) is 9.99. The summed E-state index contributed by atoms with van der Waals surface area (Å²) < 4.78 is 23.5. The van der Waals surface area contributed by atoms with Gasteiger partial charge >= 0.3 is 0 Å². The number of carbonyl (C=O) groups is 1. The van der Waals surface area contributed by atoms with Crippen LogP contribution in [0.4, 0.5) is 0 Å². The first kappa shape index (κ1) is 23.7. The summed E-state index contributed by atoms with van der Waals surface area (Å²) in [7, 11) is 1.58. The first-order valence-electron chi connectivity index (χ1n) is 12.7. The highest BCUT2D eigenvalue weighted by Gasteiger charge is 2.42. The van der Waals surface area contributed by atoms with Crippen molar-refractivity contribution in [3.63, 3.8) is 0 Å². The molecule has 2 fully saturated rings. The molecule has 4 aromatic heterocycles. The van der Waals surface area contributed by atoms with Gasteiger partial charge in [-0.05, 0) is 25.0 Å². The van der Waals surface area contributed by atoms with E-state index in [1.807, 2.05) is 29.2 Å². The van der Waals surface area contributed by atoms with Gasteiger partial charge in [-0.2, -0.15) is 4.52 Å². The van der Waals surface area contributed by atoms with Gasteiger partial charge < -0.3 is 23.6 Å². The van der Waals surface area contributed by atoms with Gasteiger partial charge in [-0.1, -0.05) is 23.4 Å². The SMILES string of the molecule is COCc1cc(-c2nnc3c4ccccc4c(Oc4ccc(C(=O)N5CCC6(CC5)COC6)cn4)nn23)no1. The van der Waals surface area contributed by atoms with Gasteiger partial charge in [0.15, 0.2) is 17.1 Å². The van der Waals surface area contributed by atoms with Crippen LogP contribution in [0.2, 0.25) is 0 Å². The zero-order valence-corrected chi connectivity index (χ0v) is 21.2. The van der Waals surface area contributed by atoms with E-state index in [1.54, 1.807) is 36.0 Å². The van der Waals surface area contributed by atoms with E-state index in [0.29, 0.717) is 40.2 Å². The van der Waals surface area contributed by atoms with Gasteiger partial charge in [-0.25, -0.2) is 4.98 Å². The van der Waals surface area contributed by atoms with Crippen molar-refractivity contribution in [1.82, 2.24) is 34.9 Å². The fourth-order valence-corrected chi connectivity index (χ4v) is 5.13. The zero-order valence-electron chi connectivity index (χ0n) is 21.2. The lowest BCUT2D eigenvalue weighted by Crippen LogP contribution is -2.52. The van der Waals surface area contributed by atoms with Crippen LogP contribution in [0.25, 0.3) is 27.9 Å². The smallest absolute Gasteiger partial charge is 0.255 e. The van der Waals surface area contributed by atoms with Gasteiger partial charge in [0.1, 0.15) is 6.61 Å². The van der Waals surface area contributed by atoms with Crippen molar-refractivity contribution in [1.29, 1.82) is 0 Å². The fraction of sp³-hybridized carbons (Fsp3) is 0.333. The quantitative estimate of drug-likeness (QED) is 0.323. The van der Waals surface area contributed by atoms with Crippen molar-refractivity contribution in [2.45, 2.75) is 19.4 Å². The Balaban J connectivity index is 1.16. The summed E-state index contributed by atoms with van der Waals surface area (Å²) >= 11 is 0. The molecule has 0 saturated carbocycles. The molecule has 0 unspecified atom stereocenters. The largest absolute Gasteiger partial charge is 0.418 e. The molecule has 198 valence electrons. The molecule has 12 nitrogen and oxygen atoms in total. The predicted molar refractivity (Wildman–Crippen MR) is 137 cm³/mol. The topological polar surface area (TPSA) is 130 Å². The van der Waals surface area contributed by atoms with E-state index in [9.17, 15) is 4.79 Å². The van der Waals surface area contributed by atoms with E-state index in [1.165, 1.54) is 0 Å².